The summed E-state index contributed by atoms with van der Waals surface area (Å²) < 4.78 is 0. The molecule has 0 saturated carbocycles. The Hall–Kier alpha value is -3.26. The maximum absolute atomic E-state index is 12.7. The van der Waals surface area contributed by atoms with Gasteiger partial charge < -0.3 is 0 Å². The lowest BCUT2D eigenvalue weighted by molar-refractivity contribution is 0.104. The first-order chi connectivity index (χ1) is 11.8. The fourth-order valence-corrected chi connectivity index (χ4v) is 2.96. The van der Waals surface area contributed by atoms with E-state index in [0.717, 1.165) is 32.8 Å². The Labute approximate surface area is 140 Å². The van der Waals surface area contributed by atoms with Gasteiger partial charge in [-0.25, -0.2) is 0 Å². The molecule has 0 aliphatic heterocycles. The Morgan fingerprint density at radius 2 is 1.54 bits per heavy atom. The van der Waals surface area contributed by atoms with Gasteiger partial charge in [0.1, 0.15) is 0 Å². The molecule has 0 unspecified atom stereocenters. The zero-order chi connectivity index (χ0) is 16.4. The van der Waals surface area contributed by atoms with Gasteiger partial charge in [0.25, 0.3) is 0 Å². The molecule has 4 aromatic rings. The molecule has 0 saturated heterocycles. The van der Waals surface area contributed by atoms with Crippen LogP contribution in [0.25, 0.3) is 27.8 Å². The van der Waals surface area contributed by atoms with Gasteiger partial charge in [0.2, 0.25) is 0 Å². The highest BCUT2D eigenvalue weighted by Gasteiger charge is 2.07. The van der Waals surface area contributed by atoms with E-state index in [1.807, 2.05) is 78.9 Å². The van der Waals surface area contributed by atoms with Crippen LogP contribution in [0.3, 0.4) is 0 Å². The highest BCUT2D eigenvalue weighted by Crippen LogP contribution is 2.21. The summed E-state index contributed by atoms with van der Waals surface area (Å²) in [4.78, 5) is 17.0. The Bertz CT molecular complexity index is 1070. The molecular weight excluding hydrogens is 294 g/mol. The van der Waals surface area contributed by atoms with E-state index in [1.54, 1.807) is 12.3 Å². The normalized spacial score (nSPS) is 11.3. The summed E-state index contributed by atoms with van der Waals surface area (Å²) in [5.41, 5.74) is 2.65. The van der Waals surface area contributed by atoms with Gasteiger partial charge in [-0.2, -0.15) is 0 Å². The standard InChI is InChI=1S/C22H15NO/c24-22(20-10-5-7-16-6-1-2-8-18(16)20)13-12-17-14-15-23-21-11-4-3-9-19(17)21/h1-15H/b13-12+. The molecule has 2 nitrogen and oxygen atoms in total. The van der Waals surface area contributed by atoms with Gasteiger partial charge in [-0.05, 0) is 34.5 Å². The van der Waals surface area contributed by atoms with E-state index in [1.165, 1.54) is 0 Å². The van der Waals surface area contributed by atoms with Crippen LogP contribution in [0.2, 0.25) is 0 Å². The van der Waals surface area contributed by atoms with E-state index in [0.29, 0.717) is 0 Å². The van der Waals surface area contributed by atoms with Gasteiger partial charge in [0.05, 0.1) is 5.52 Å². The van der Waals surface area contributed by atoms with Crippen LogP contribution in [0.1, 0.15) is 15.9 Å². The molecule has 0 atom stereocenters. The lowest BCUT2D eigenvalue weighted by Gasteiger charge is -2.03. The number of pyridine rings is 1. The fraction of sp³-hybridized carbons (Fsp3) is 0. The predicted octanol–water partition coefficient (Wildman–Crippen LogP) is 5.28. The number of carbonyl (C=O) groups is 1. The zero-order valence-corrected chi connectivity index (χ0v) is 13.0. The second kappa shape index (κ2) is 6.09. The number of allylic oxidation sites excluding steroid dienone is 1. The third-order valence-electron chi connectivity index (χ3n) is 4.15. The van der Waals surface area contributed by atoms with Crippen molar-refractivity contribution in [3.63, 3.8) is 0 Å². The van der Waals surface area contributed by atoms with E-state index in [4.69, 9.17) is 0 Å². The van der Waals surface area contributed by atoms with E-state index >= 15 is 0 Å². The van der Waals surface area contributed by atoms with Crippen molar-refractivity contribution >= 4 is 33.5 Å². The summed E-state index contributed by atoms with van der Waals surface area (Å²) in [6.45, 7) is 0. The van der Waals surface area contributed by atoms with Gasteiger partial charge >= 0.3 is 0 Å². The quantitative estimate of drug-likeness (QED) is 0.380. The molecule has 2 heteroatoms. The average Bonchev–Trinajstić information content (AvgIpc) is 2.65. The smallest absolute Gasteiger partial charge is 0.186 e. The highest BCUT2D eigenvalue weighted by molar-refractivity contribution is 6.15. The first-order valence-electron chi connectivity index (χ1n) is 7.87. The van der Waals surface area contributed by atoms with Gasteiger partial charge in [0.15, 0.2) is 5.78 Å². The molecule has 4 rings (SSSR count). The summed E-state index contributed by atoms with van der Waals surface area (Å²) in [7, 11) is 0. The van der Waals surface area contributed by atoms with E-state index in [2.05, 4.69) is 4.98 Å². The lowest BCUT2D eigenvalue weighted by atomic mass is 10.0. The Kier molecular flexibility index (Phi) is 3.64. The maximum Gasteiger partial charge on any atom is 0.186 e. The van der Waals surface area contributed by atoms with Crippen molar-refractivity contribution in [3.8, 4) is 0 Å². The molecule has 0 spiro atoms. The summed E-state index contributed by atoms with van der Waals surface area (Å²) in [5.74, 6) is 0.00712. The van der Waals surface area contributed by atoms with Crippen LogP contribution in [0.4, 0.5) is 0 Å². The minimum atomic E-state index is 0.00712. The van der Waals surface area contributed by atoms with E-state index in [9.17, 15) is 4.79 Å². The number of benzene rings is 3. The molecular formula is C22H15NO. The second-order valence-corrected chi connectivity index (χ2v) is 5.64. The van der Waals surface area contributed by atoms with E-state index < -0.39 is 0 Å². The summed E-state index contributed by atoms with van der Waals surface area (Å²) >= 11 is 0. The molecule has 0 radical (unpaired) electrons. The summed E-state index contributed by atoms with van der Waals surface area (Å²) in [6.07, 6.45) is 5.28. The number of nitrogens with zero attached hydrogens (tertiary/aromatic N) is 1. The first-order valence-corrected chi connectivity index (χ1v) is 7.87. The zero-order valence-electron chi connectivity index (χ0n) is 13.0. The van der Waals surface area contributed by atoms with Crippen molar-refractivity contribution in [2.45, 2.75) is 0 Å². The van der Waals surface area contributed by atoms with Crippen molar-refractivity contribution in [1.29, 1.82) is 0 Å². The van der Waals surface area contributed by atoms with Crippen LogP contribution in [0, 0.1) is 0 Å². The van der Waals surface area contributed by atoms with Crippen molar-refractivity contribution in [3.05, 3.63) is 96.2 Å². The topological polar surface area (TPSA) is 30.0 Å². The van der Waals surface area contributed by atoms with Crippen LogP contribution in [0.5, 0.6) is 0 Å². The van der Waals surface area contributed by atoms with Crippen molar-refractivity contribution in [1.82, 2.24) is 4.98 Å². The van der Waals surface area contributed by atoms with Crippen molar-refractivity contribution < 1.29 is 4.79 Å². The number of aromatic nitrogens is 1. The minimum absolute atomic E-state index is 0.00712. The number of hydrogen-bond donors (Lipinski definition) is 0. The summed E-state index contributed by atoms with van der Waals surface area (Å²) in [5, 5.41) is 3.10. The SMILES string of the molecule is O=C(/C=C/c1ccnc2ccccc12)c1cccc2ccccc12. The monoisotopic (exact) mass is 309 g/mol. The van der Waals surface area contributed by atoms with Gasteiger partial charge in [-0.3, -0.25) is 9.78 Å². The number of carbonyl (C=O) groups excluding carboxylic acids is 1. The van der Waals surface area contributed by atoms with Crippen LogP contribution in [-0.2, 0) is 0 Å². The molecule has 0 bridgehead atoms. The lowest BCUT2D eigenvalue weighted by Crippen LogP contribution is -1.95. The van der Waals surface area contributed by atoms with E-state index in [-0.39, 0.29) is 5.78 Å². The largest absolute Gasteiger partial charge is 0.289 e. The molecule has 0 N–H and O–H groups in total. The number of ketones is 1. The second-order valence-electron chi connectivity index (χ2n) is 5.64. The predicted molar refractivity (Wildman–Crippen MR) is 99.1 cm³/mol. The first kappa shape index (κ1) is 14.3. The van der Waals surface area contributed by atoms with Crippen molar-refractivity contribution in [2.24, 2.45) is 0 Å². The molecule has 0 fully saturated rings. The molecule has 1 aromatic heterocycles. The van der Waals surface area contributed by atoms with Gasteiger partial charge in [-0.15, -0.1) is 0 Å². The molecule has 1 heterocycles. The van der Waals surface area contributed by atoms with Crippen LogP contribution >= 0.6 is 0 Å². The Balaban J connectivity index is 1.74. The third-order valence-corrected chi connectivity index (χ3v) is 4.15. The molecule has 0 aliphatic rings. The maximum atomic E-state index is 12.7. The molecule has 3 aromatic carbocycles. The van der Waals surface area contributed by atoms with Crippen LogP contribution in [0.15, 0.2) is 85.1 Å². The van der Waals surface area contributed by atoms with Gasteiger partial charge in [-0.1, -0.05) is 66.7 Å². The molecule has 0 amide bonds. The third kappa shape index (κ3) is 2.59. The molecule has 24 heavy (non-hydrogen) atoms. The Morgan fingerprint density at radius 3 is 2.46 bits per heavy atom. The van der Waals surface area contributed by atoms with Crippen molar-refractivity contribution in [2.75, 3.05) is 0 Å². The number of fused-ring (bicyclic) bond motifs is 2. The highest BCUT2D eigenvalue weighted by atomic mass is 16.1. The van der Waals surface area contributed by atoms with Crippen LogP contribution in [-0.4, -0.2) is 10.8 Å². The van der Waals surface area contributed by atoms with Gasteiger partial charge in [0, 0.05) is 17.1 Å². The number of rotatable bonds is 3. The minimum Gasteiger partial charge on any atom is -0.289 e. The summed E-state index contributed by atoms with van der Waals surface area (Å²) in [6, 6.07) is 23.6. The fourth-order valence-electron chi connectivity index (χ4n) is 2.96. The molecule has 0 aliphatic carbocycles. The Morgan fingerprint density at radius 1 is 0.792 bits per heavy atom. The van der Waals surface area contributed by atoms with Crippen LogP contribution < -0.4 is 0 Å². The number of hydrogen-bond acceptors (Lipinski definition) is 2. The number of para-hydroxylation sites is 1. The molecule has 114 valence electrons. The average molecular weight is 309 g/mol.